The minimum absolute atomic E-state index is 0.0831. The van der Waals surface area contributed by atoms with Crippen LogP contribution in [-0.4, -0.2) is 47.3 Å². The molecule has 0 spiro atoms. The summed E-state index contributed by atoms with van der Waals surface area (Å²) in [5, 5.41) is 4.40. The van der Waals surface area contributed by atoms with Crippen LogP contribution in [0.3, 0.4) is 0 Å². The fourth-order valence-corrected chi connectivity index (χ4v) is 6.25. The number of nitrogens with zero attached hydrogens (tertiary/aromatic N) is 2. The van der Waals surface area contributed by atoms with E-state index >= 15 is 0 Å². The highest BCUT2D eigenvalue weighted by atomic mass is 32.2. The van der Waals surface area contributed by atoms with E-state index in [1.807, 2.05) is 42.5 Å². The predicted molar refractivity (Wildman–Crippen MR) is 136 cm³/mol. The Kier molecular flexibility index (Phi) is 6.09. The number of nitrogens with one attached hydrogen (secondary N) is 1. The third-order valence-electron chi connectivity index (χ3n) is 6.11. The van der Waals surface area contributed by atoms with Gasteiger partial charge in [0, 0.05) is 23.2 Å². The van der Waals surface area contributed by atoms with E-state index in [2.05, 4.69) is 5.32 Å². The first-order valence-electron chi connectivity index (χ1n) is 11.5. The van der Waals surface area contributed by atoms with E-state index in [1.165, 1.54) is 23.1 Å². The lowest BCUT2D eigenvalue weighted by Crippen LogP contribution is -2.33. The zero-order chi connectivity index (χ0) is 23.8. The second-order valence-corrected chi connectivity index (χ2v) is 10.5. The lowest BCUT2D eigenvalue weighted by Gasteiger charge is -2.13. The highest BCUT2D eigenvalue weighted by Crippen LogP contribution is 2.34. The number of thioether (sulfide) groups is 1. The number of rotatable bonds is 7. The third-order valence-corrected chi connectivity index (χ3v) is 8.23. The number of fused-ring (bicyclic) bond motifs is 4. The van der Waals surface area contributed by atoms with Crippen molar-refractivity contribution in [2.75, 3.05) is 25.7 Å². The zero-order valence-corrected chi connectivity index (χ0v) is 20.5. The summed E-state index contributed by atoms with van der Waals surface area (Å²) < 4.78 is 19.8. The topological polar surface area (TPSA) is 91.7 Å². The molecule has 1 fully saturated rings. The number of ether oxygens (including phenoxy) is 3. The molecule has 2 aromatic heterocycles. The molecule has 1 N–H and O–H groups in total. The predicted octanol–water partition coefficient (Wildman–Crippen LogP) is 3.78. The molecule has 4 heterocycles. The molecular weight excluding hydrogens is 486 g/mol. The third kappa shape index (κ3) is 4.49. The van der Waals surface area contributed by atoms with Crippen LogP contribution in [0.25, 0.3) is 20.3 Å². The number of hydrogen-bond donors (Lipinski definition) is 1. The van der Waals surface area contributed by atoms with Gasteiger partial charge in [-0.2, -0.15) is 0 Å². The average molecular weight is 510 g/mol. The van der Waals surface area contributed by atoms with Crippen molar-refractivity contribution in [1.29, 1.82) is 0 Å². The first-order chi connectivity index (χ1) is 17.2. The van der Waals surface area contributed by atoms with E-state index in [4.69, 9.17) is 19.2 Å². The van der Waals surface area contributed by atoms with Gasteiger partial charge in [0.2, 0.25) is 12.7 Å². The fourth-order valence-electron chi connectivity index (χ4n) is 4.34. The van der Waals surface area contributed by atoms with Crippen LogP contribution in [0.4, 0.5) is 0 Å². The van der Waals surface area contributed by atoms with Crippen molar-refractivity contribution >= 4 is 49.3 Å². The Labute approximate surface area is 209 Å². The van der Waals surface area contributed by atoms with E-state index in [0.29, 0.717) is 40.0 Å². The summed E-state index contributed by atoms with van der Waals surface area (Å²) in [7, 11) is 0. The Balaban J connectivity index is 1.32. The van der Waals surface area contributed by atoms with Crippen LogP contribution in [0.1, 0.15) is 18.4 Å². The summed E-state index contributed by atoms with van der Waals surface area (Å²) in [5.74, 6) is 1.41. The molecule has 2 aromatic carbocycles. The van der Waals surface area contributed by atoms with Gasteiger partial charge in [0.25, 0.3) is 5.56 Å². The van der Waals surface area contributed by atoms with Crippen molar-refractivity contribution in [3.8, 4) is 11.5 Å². The molecule has 1 amide bonds. The van der Waals surface area contributed by atoms with Crippen molar-refractivity contribution in [3.05, 3.63) is 58.4 Å². The molecular formula is C25H23N3O5S2. The van der Waals surface area contributed by atoms with E-state index in [0.717, 1.165) is 35.1 Å². The van der Waals surface area contributed by atoms with Gasteiger partial charge in [-0.3, -0.25) is 14.2 Å². The minimum Gasteiger partial charge on any atom is -0.454 e. The molecule has 0 radical (unpaired) electrons. The zero-order valence-electron chi connectivity index (χ0n) is 18.8. The van der Waals surface area contributed by atoms with Gasteiger partial charge in [0.05, 0.1) is 23.9 Å². The van der Waals surface area contributed by atoms with Crippen LogP contribution in [-0.2, 0) is 16.1 Å². The van der Waals surface area contributed by atoms with Crippen molar-refractivity contribution < 1.29 is 19.0 Å². The summed E-state index contributed by atoms with van der Waals surface area (Å²) >= 11 is 2.72. The molecule has 2 aliphatic heterocycles. The van der Waals surface area contributed by atoms with Gasteiger partial charge in [-0.05, 0) is 36.6 Å². The summed E-state index contributed by atoms with van der Waals surface area (Å²) in [6.07, 6.45) is 2.08. The lowest BCUT2D eigenvalue weighted by molar-refractivity contribution is -0.119. The molecule has 35 heavy (non-hydrogen) atoms. The van der Waals surface area contributed by atoms with Gasteiger partial charge in [-0.1, -0.05) is 36.0 Å². The molecule has 180 valence electrons. The number of carbonyl (C=O) groups excluding carboxylic acids is 1. The molecule has 6 rings (SSSR count). The lowest BCUT2D eigenvalue weighted by atomic mass is 10.2. The van der Waals surface area contributed by atoms with Crippen LogP contribution < -0.4 is 20.3 Å². The highest BCUT2D eigenvalue weighted by Gasteiger charge is 2.20. The molecule has 0 aliphatic carbocycles. The number of aromatic nitrogens is 2. The second kappa shape index (κ2) is 9.52. The molecule has 8 nitrogen and oxygen atoms in total. The minimum atomic E-state index is -0.115. The number of carbonyl (C=O) groups is 1. The summed E-state index contributed by atoms with van der Waals surface area (Å²) in [6, 6.07) is 13.5. The molecule has 0 saturated carbocycles. The maximum atomic E-state index is 13.6. The van der Waals surface area contributed by atoms with Crippen LogP contribution in [0, 0.1) is 0 Å². The largest absolute Gasteiger partial charge is 0.454 e. The smallest absolute Gasteiger partial charge is 0.272 e. The molecule has 1 atom stereocenters. The normalized spacial score (nSPS) is 16.9. The van der Waals surface area contributed by atoms with E-state index < -0.39 is 0 Å². The molecule has 2 aliphatic rings. The average Bonchev–Trinajstić information content (AvgIpc) is 3.63. The van der Waals surface area contributed by atoms with Crippen LogP contribution in [0.15, 0.2) is 52.4 Å². The van der Waals surface area contributed by atoms with Crippen LogP contribution in [0.2, 0.25) is 0 Å². The SMILES string of the molecule is O=C(CSc1nc2c(sc3ccccc32)c(=O)n1Cc1ccc2c(c1)OCO2)NC[C@H]1CCCO1. The standard InChI is InChI=1S/C25H23N3O5S2/c29-21(26-11-16-4-3-9-31-16)13-34-25-27-22-17-5-1-2-6-20(17)35-23(22)24(30)28(25)12-15-7-8-18-19(10-15)33-14-32-18/h1-2,5-8,10,16H,3-4,9,11-14H2,(H,26,29)/t16-/m1/s1. The maximum Gasteiger partial charge on any atom is 0.272 e. The van der Waals surface area contributed by atoms with Gasteiger partial charge in [-0.25, -0.2) is 4.98 Å². The fraction of sp³-hybridized carbons (Fsp3) is 0.320. The van der Waals surface area contributed by atoms with Crippen molar-refractivity contribution in [2.45, 2.75) is 30.6 Å². The quantitative estimate of drug-likeness (QED) is 0.299. The van der Waals surface area contributed by atoms with Crippen molar-refractivity contribution in [2.24, 2.45) is 0 Å². The van der Waals surface area contributed by atoms with Gasteiger partial charge in [0.1, 0.15) is 4.70 Å². The van der Waals surface area contributed by atoms with Crippen molar-refractivity contribution in [1.82, 2.24) is 14.9 Å². The Hall–Kier alpha value is -3.08. The number of thiophene rings is 1. The van der Waals surface area contributed by atoms with Crippen LogP contribution in [0.5, 0.6) is 11.5 Å². The number of amides is 1. The van der Waals surface area contributed by atoms with Gasteiger partial charge >= 0.3 is 0 Å². The molecule has 4 aromatic rings. The summed E-state index contributed by atoms with van der Waals surface area (Å²) in [5.41, 5.74) is 1.46. The van der Waals surface area contributed by atoms with E-state index in [-0.39, 0.29) is 30.1 Å². The second-order valence-electron chi connectivity index (χ2n) is 8.48. The van der Waals surface area contributed by atoms with Crippen LogP contribution >= 0.6 is 23.1 Å². The molecule has 10 heteroatoms. The van der Waals surface area contributed by atoms with E-state index in [1.54, 1.807) is 4.57 Å². The Morgan fingerprint density at radius 3 is 2.97 bits per heavy atom. The van der Waals surface area contributed by atoms with E-state index in [9.17, 15) is 9.59 Å². The maximum absolute atomic E-state index is 13.6. The first-order valence-corrected chi connectivity index (χ1v) is 13.3. The summed E-state index contributed by atoms with van der Waals surface area (Å²) in [6.45, 7) is 1.76. The Morgan fingerprint density at radius 1 is 1.20 bits per heavy atom. The Morgan fingerprint density at radius 2 is 2.09 bits per heavy atom. The monoisotopic (exact) mass is 509 g/mol. The molecule has 0 unspecified atom stereocenters. The summed E-state index contributed by atoms with van der Waals surface area (Å²) in [4.78, 5) is 31.1. The first kappa shape index (κ1) is 22.4. The highest BCUT2D eigenvalue weighted by molar-refractivity contribution is 7.99. The van der Waals surface area contributed by atoms with Gasteiger partial charge in [0.15, 0.2) is 16.7 Å². The number of hydrogen-bond acceptors (Lipinski definition) is 8. The van der Waals surface area contributed by atoms with Gasteiger partial charge in [-0.15, -0.1) is 11.3 Å². The molecule has 1 saturated heterocycles. The Bertz CT molecular complexity index is 1480. The molecule has 0 bridgehead atoms. The van der Waals surface area contributed by atoms with Gasteiger partial charge < -0.3 is 19.5 Å². The van der Waals surface area contributed by atoms with Crippen molar-refractivity contribution in [3.63, 3.8) is 0 Å². The number of benzene rings is 2.